The number of fused-ring (bicyclic) bond motifs is 3. The van der Waals surface area contributed by atoms with Crippen molar-refractivity contribution in [3.63, 3.8) is 0 Å². The van der Waals surface area contributed by atoms with Crippen molar-refractivity contribution in [2.24, 2.45) is 9.98 Å². The number of aromatic nitrogens is 5. The van der Waals surface area contributed by atoms with Gasteiger partial charge in [0.15, 0.2) is 62.9 Å². The summed E-state index contributed by atoms with van der Waals surface area (Å²) < 4.78 is 111. The zero-order valence-corrected chi connectivity index (χ0v) is 21.3. The molecular formula is C27H7F7N8O2. The molecule has 0 saturated heterocycles. The zero-order chi connectivity index (χ0) is 31.0. The highest BCUT2D eigenvalue weighted by Gasteiger charge is 2.29. The number of rotatable bonds is 3. The highest BCUT2D eigenvalue weighted by atomic mass is 19.2. The quantitative estimate of drug-likeness (QED) is 0.120. The minimum Gasteiger partial charge on any atom is -0.430 e. The van der Waals surface area contributed by atoms with Gasteiger partial charge < -0.3 is 8.83 Å². The van der Waals surface area contributed by atoms with E-state index in [1.54, 1.807) is 24.3 Å². The maximum absolute atomic E-state index is 14.7. The summed E-state index contributed by atoms with van der Waals surface area (Å²) in [5, 5.41) is 10.8. The van der Waals surface area contributed by atoms with Gasteiger partial charge in [-0.15, -0.1) is 0 Å². The molecule has 44 heavy (non-hydrogen) atoms. The fourth-order valence-corrected chi connectivity index (χ4v) is 4.26. The van der Waals surface area contributed by atoms with Gasteiger partial charge in [-0.2, -0.15) is 14.6 Å². The monoisotopic (exact) mass is 608 g/mol. The summed E-state index contributed by atoms with van der Waals surface area (Å²) in [5.41, 5.74) is -4.96. The molecule has 1 aliphatic rings. The van der Waals surface area contributed by atoms with E-state index in [9.17, 15) is 36.0 Å². The molecule has 7 rings (SSSR count). The number of nitrogens with zero attached hydrogens (tertiary/aromatic N) is 8. The normalized spacial score (nSPS) is 12.4. The Hall–Kier alpha value is -6.05. The molecule has 10 nitrogen and oxygen atoms in total. The Labute approximate surface area is 237 Å². The summed E-state index contributed by atoms with van der Waals surface area (Å²) in [7, 11) is 0. The zero-order valence-electron chi connectivity index (χ0n) is 21.3. The molecule has 0 radical (unpaired) electrons. The van der Waals surface area contributed by atoms with Gasteiger partial charge >= 0.3 is 0 Å². The predicted molar refractivity (Wildman–Crippen MR) is 132 cm³/mol. The SMILES string of the molecule is Cc1c(F)c(F)c2nc(-c3nc(C(C#N)=C4N=c5ccccc5=N4)nc(-c4nc5c(F)c(F)c(F)c(F)c5o4)n3)oc2c1F. The van der Waals surface area contributed by atoms with Gasteiger partial charge in [-0.25, -0.2) is 56.3 Å². The van der Waals surface area contributed by atoms with Gasteiger partial charge in [0.1, 0.15) is 11.6 Å². The number of allylic oxidation sites excluding steroid dienone is 1. The summed E-state index contributed by atoms with van der Waals surface area (Å²) in [6, 6.07) is 8.36. The Bertz CT molecular complexity index is 2220. The molecule has 0 saturated carbocycles. The Morgan fingerprint density at radius 1 is 0.636 bits per heavy atom. The van der Waals surface area contributed by atoms with Crippen molar-refractivity contribution < 1.29 is 39.6 Å². The van der Waals surface area contributed by atoms with Crippen molar-refractivity contribution in [1.29, 1.82) is 5.26 Å². The van der Waals surface area contributed by atoms with Crippen molar-refractivity contribution in [3.8, 4) is 29.5 Å². The first-order valence-corrected chi connectivity index (χ1v) is 12.1. The summed E-state index contributed by atoms with van der Waals surface area (Å²) in [5.74, 6) is -16.1. The first-order chi connectivity index (χ1) is 21.1. The van der Waals surface area contributed by atoms with Gasteiger partial charge in [0.05, 0.1) is 10.7 Å². The van der Waals surface area contributed by atoms with Gasteiger partial charge in [-0.3, -0.25) is 0 Å². The number of benzene rings is 3. The molecule has 0 unspecified atom stereocenters. The van der Waals surface area contributed by atoms with Crippen molar-refractivity contribution in [2.75, 3.05) is 0 Å². The number of oxazole rings is 2. The first kappa shape index (κ1) is 26.8. The molecule has 17 heteroatoms. The Morgan fingerprint density at radius 3 is 1.68 bits per heavy atom. The summed E-state index contributed by atoms with van der Waals surface area (Å²) in [6.45, 7) is 0.962. The maximum Gasteiger partial charge on any atom is 0.266 e. The number of hydrogen-bond acceptors (Lipinski definition) is 10. The molecule has 0 aliphatic carbocycles. The summed E-state index contributed by atoms with van der Waals surface area (Å²) in [4.78, 5) is 27.9. The largest absolute Gasteiger partial charge is 0.430 e. The molecule has 0 atom stereocenters. The fraction of sp³-hybridized carbons (Fsp3) is 0.0370. The highest BCUT2D eigenvalue weighted by Crippen LogP contribution is 2.33. The third-order valence-corrected chi connectivity index (χ3v) is 6.41. The van der Waals surface area contributed by atoms with Crippen LogP contribution in [0.25, 0.3) is 51.2 Å². The van der Waals surface area contributed by atoms with E-state index in [0.717, 1.165) is 6.92 Å². The predicted octanol–water partition coefficient (Wildman–Crippen LogP) is 4.92. The van der Waals surface area contributed by atoms with E-state index in [-0.39, 0.29) is 5.82 Å². The van der Waals surface area contributed by atoms with Crippen LogP contribution in [0.5, 0.6) is 0 Å². The number of nitriles is 1. The topological polar surface area (TPSA) is 139 Å². The van der Waals surface area contributed by atoms with E-state index >= 15 is 0 Å². The number of para-hydroxylation sites is 2. The third-order valence-electron chi connectivity index (χ3n) is 6.41. The molecule has 0 N–H and O–H groups in total. The third kappa shape index (κ3) is 3.84. The van der Waals surface area contributed by atoms with Gasteiger partial charge in [0, 0.05) is 5.56 Å². The van der Waals surface area contributed by atoms with Crippen LogP contribution >= 0.6 is 0 Å². The number of halogens is 7. The molecule has 1 aliphatic heterocycles. The van der Waals surface area contributed by atoms with Crippen LogP contribution in [0.4, 0.5) is 30.7 Å². The van der Waals surface area contributed by atoms with E-state index < -0.39 is 103 Å². The van der Waals surface area contributed by atoms with Crippen LogP contribution in [-0.4, -0.2) is 24.9 Å². The van der Waals surface area contributed by atoms with Crippen LogP contribution in [-0.2, 0) is 0 Å². The van der Waals surface area contributed by atoms with Crippen molar-refractivity contribution >= 4 is 27.8 Å². The molecule has 0 spiro atoms. The van der Waals surface area contributed by atoms with Gasteiger partial charge in [-0.1, -0.05) is 12.1 Å². The molecule has 4 heterocycles. The van der Waals surface area contributed by atoms with Gasteiger partial charge in [-0.05, 0) is 19.1 Å². The highest BCUT2D eigenvalue weighted by molar-refractivity contribution is 5.80. The lowest BCUT2D eigenvalue weighted by molar-refractivity contribution is 0.410. The molecule has 3 aromatic heterocycles. The van der Waals surface area contributed by atoms with Gasteiger partial charge in [0.25, 0.3) is 11.8 Å². The van der Waals surface area contributed by atoms with Crippen LogP contribution in [0.15, 0.2) is 48.9 Å². The van der Waals surface area contributed by atoms with E-state index in [4.69, 9.17) is 8.83 Å². The molecule has 3 aromatic carbocycles. The lowest BCUT2D eigenvalue weighted by Crippen LogP contribution is -2.19. The molecule has 0 bridgehead atoms. The van der Waals surface area contributed by atoms with Gasteiger partial charge in [0.2, 0.25) is 23.3 Å². The smallest absolute Gasteiger partial charge is 0.266 e. The van der Waals surface area contributed by atoms with Crippen molar-refractivity contribution in [1.82, 2.24) is 24.9 Å². The lowest BCUT2D eigenvalue weighted by Gasteiger charge is -2.03. The van der Waals surface area contributed by atoms with E-state index in [1.807, 2.05) is 6.07 Å². The Balaban J connectivity index is 1.51. The molecule has 216 valence electrons. The average molecular weight is 608 g/mol. The minimum absolute atomic E-state index is 0.178. The maximum atomic E-state index is 14.7. The second-order valence-corrected chi connectivity index (χ2v) is 9.05. The summed E-state index contributed by atoms with van der Waals surface area (Å²) in [6.07, 6.45) is 0. The van der Waals surface area contributed by atoms with E-state index in [2.05, 4.69) is 34.9 Å². The summed E-state index contributed by atoms with van der Waals surface area (Å²) >= 11 is 0. The first-order valence-electron chi connectivity index (χ1n) is 12.1. The molecule has 0 amide bonds. The van der Waals surface area contributed by atoms with Crippen LogP contribution < -0.4 is 10.7 Å². The van der Waals surface area contributed by atoms with Crippen LogP contribution in [0.1, 0.15) is 11.4 Å². The molecule has 0 fully saturated rings. The van der Waals surface area contributed by atoms with Crippen molar-refractivity contribution in [3.05, 3.63) is 92.9 Å². The minimum atomic E-state index is -2.17. The Kier molecular flexibility index (Phi) is 5.78. The number of hydrogen-bond donors (Lipinski definition) is 0. The lowest BCUT2D eigenvalue weighted by atomic mass is 10.2. The molecular weight excluding hydrogens is 601 g/mol. The average Bonchev–Trinajstić information content (AvgIpc) is 3.78. The van der Waals surface area contributed by atoms with E-state index in [0.29, 0.717) is 10.7 Å². The van der Waals surface area contributed by atoms with E-state index in [1.165, 1.54) is 0 Å². The molecule has 6 aromatic rings. The standard InChI is InChI=1S/C27H7F7N8O2/c1-7-11(28)15(32)18-20(12(7)29)43-26(38-18)24-40-23(8(6-35)22-36-9-4-2-3-5-10(9)37-22)41-25(42-24)27-39-19-16(33)13(30)14(31)17(34)21(19)44-27/h2-5H,1H3. The van der Waals surface area contributed by atoms with Crippen LogP contribution in [0.2, 0.25) is 0 Å². The fourth-order valence-electron chi connectivity index (χ4n) is 4.26. The second kappa shape index (κ2) is 9.49. The van der Waals surface area contributed by atoms with Crippen molar-refractivity contribution in [2.45, 2.75) is 6.92 Å². The second-order valence-electron chi connectivity index (χ2n) is 9.05. The van der Waals surface area contributed by atoms with Crippen LogP contribution in [0, 0.1) is 59.0 Å². The Morgan fingerprint density at radius 2 is 1.14 bits per heavy atom. The van der Waals surface area contributed by atoms with Crippen LogP contribution in [0.3, 0.4) is 0 Å².